The molecule has 4 aromatic rings. The molecule has 0 spiro atoms. The van der Waals surface area contributed by atoms with Crippen LogP contribution < -0.4 is 20.3 Å². The van der Waals surface area contributed by atoms with E-state index in [9.17, 15) is 19.5 Å². The van der Waals surface area contributed by atoms with Crippen molar-refractivity contribution in [1.82, 2.24) is 24.8 Å². The second-order valence-corrected chi connectivity index (χ2v) is 10.9. The average molecular weight is 598 g/mol. The maximum atomic E-state index is 13.3. The molecule has 2 aromatic heterocycles. The first-order valence-corrected chi connectivity index (χ1v) is 14.2. The molecule has 44 heavy (non-hydrogen) atoms. The third-order valence-corrected chi connectivity index (χ3v) is 8.02. The lowest BCUT2D eigenvalue weighted by Gasteiger charge is -2.33. The largest absolute Gasteiger partial charge is 0.493 e. The van der Waals surface area contributed by atoms with E-state index in [4.69, 9.17) is 14.7 Å². The highest BCUT2D eigenvalue weighted by Gasteiger charge is 2.41. The number of aromatic nitrogens is 3. The molecule has 0 bridgehead atoms. The smallest absolute Gasteiger partial charge is 0.261 e. The van der Waals surface area contributed by atoms with Gasteiger partial charge in [-0.3, -0.25) is 19.3 Å². The number of aromatic amines is 2. The van der Waals surface area contributed by atoms with Gasteiger partial charge in [0.15, 0.2) is 11.5 Å². The number of aliphatic hydroxyl groups excluding tert-OH is 1. The van der Waals surface area contributed by atoms with Crippen molar-refractivity contribution in [2.45, 2.75) is 25.0 Å². The zero-order valence-electron chi connectivity index (χ0n) is 24.2. The molecule has 2 aliphatic heterocycles. The molecule has 13 heteroatoms. The van der Waals surface area contributed by atoms with E-state index < -0.39 is 11.7 Å². The van der Waals surface area contributed by atoms with Gasteiger partial charge in [0.2, 0.25) is 0 Å². The number of carbonyl (C=O) groups is 2. The number of rotatable bonds is 9. The molecule has 4 heterocycles. The molecule has 226 valence electrons. The zero-order valence-corrected chi connectivity index (χ0v) is 24.2. The van der Waals surface area contributed by atoms with Gasteiger partial charge in [-0.15, -0.1) is 0 Å². The molecule has 1 fully saturated rings. The maximum Gasteiger partial charge on any atom is 0.261 e. The molecular weight excluding hydrogens is 566 g/mol. The predicted octanol–water partition coefficient (Wildman–Crippen LogP) is 2.34. The van der Waals surface area contributed by atoms with Crippen LogP contribution in [0, 0.1) is 11.3 Å². The number of nitriles is 1. The van der Waals surface area contributed by atoms with Gasteiger partial charge in [0.05, 0.1) is 46.6 Å². The summed E-state index contributed by atoms with van der Waals surface area (Å²) in [5.74, 6) is 0.360. The normalized spacial score (nSPS) is 16.2. The second-order valence-electron chi connectivity index (χ2n) is 10.9. The van der Waals surface area contributed by atoms with Crippen LogP contribution in [-0.2, 0) is 0 Å². The number of imidazole rings is 1. The van der Waals surface area contributed by atoms with Crippen LogP contribution >= 0.6 is 0 Å². The summed E-state index contributed by atoms with van der Waals surface area (Å²) in [5, 5.41) is 22.8. The fourth-order valence-corrected chi connectivity index (χ4v) is 5.66. The zero-order chi connectivity index (χ0) is 31.0. The van der Waals surface area contributed by atoms with Gasteiger partial charge in [0.1, 0.15) is 24.1 Å². The van der Waals surface area contributed by atoms with Gasteiger partial charge < -0.3 is 34.8 Å². The summed E-state index contributed by atoms with van der Waals surface area (Å²) in [6.45, 7) is 1.60. The van der Waals surface area contributed by atoms with Crippen molar-refractivity contribution in [3.63, 3.8) is 0 Å². The third-order valence-electron chi connectivity index (χ3n) is 8.02. The number of carbonyl (C=O) groups excluding carboxylic acids is 2. The Morgan fingerprint density at radius 1 is 1.11 bits per heavy atom. The number of likely N-dealkylation sites (tertiary alicyclic amines) is 1. The average Bonchev–Trinajstić information content (AvgIpc) is 3.55. The summed E-state index contributed by atoms with van der Waals surface area (Å²) >= 11 is 0. The van der Waals surface area contributed by atoms with Crippen LogP contribution in [0.5, 0.6) is 11.5 Å². The Hall–Kier alpha value is -5.19. The monoisotopic (exact) mass is 597 g/mol. The van der Waals surface area contributed by atoms with Crippen LogP contribution in [0.2, 0.25) is 0 Å². The van der Waals surface area contributed by atoms with Gasteiger partial charge >= 0.3 is 0 Å². The van der Waals surface area contributed by atoms with Crippen molar-refractivity contribution in [3.05, 3.63) is 69.6 Å². The standard InChI is InChI=1S/C31H31N7O6/c1-37-9-6-18(7-10-37)38-30(41)20-12-23-24(13-21(20)31(38)42)36-28(35-23)27-22(5-8-33-29(27)40)34-15-19(39)16-44-25-4-3-17(14-32)11-26(25)43-2/h3-5,8,11-13,18-19,39H,6-7,9-10,15-16H2,1-2H3,(H,35,36)(H2,33,34,40). The Labute approximate surface area is 252 Å². The Kier molecular flexibility index (Phi) is 7.77. The number of fused-ring (bicyclic) bond motifs is 2. The van der Waals surface area contributed by atoms with Gasteiger partial charge in [-0.2, -0.15) is 5.26 Å². The van der Waals surface area contributed by atoms with Gasteiger partial charge in [-0.1, -0.05) is 0 Å². The number of benzene rings is 2. The number of nitrogens with one attached hydrogen (secondary N) is 3. The Morgan fingerprint density at radius 3 is 2.59 bits per heavy atom. The van der Waals surface area contributed by atoms with E-state index in [1.165, 1.54) is 18.2 Å². The molecule has 0 aliphatic carbocycles. The van der Waals surface area contributed by atoms with Crippen molar-refractivity contribution in [2.24, 2.45) is 0 Å². The summed E-state index contributed by atoms with van der Waals surface area (Å²) in [5.41, 5.74) is 2.21. The molecule has 1 saturated heterocycles. The van der Waals surface area contributed by atoms with Crippen molar-refractivity contribution >= 4 is 28.5 Å². The van der Waals surface area contributed by atoms with E-state index in [0.29, 0.717) is 44.9 Å². The van der Waals surface area contributed by atoms with Crippen LogP contribution in [0.25, 0.3) is 22.4 Å². The van der Waals surface area contributed by atoms with E-state index in [0.717, 1.165) is 25.9 Å². The highest BCUT2D eigenvalue weighted by Crippen LogP contribution is 2.33. The molecule has 1 atom stereocenters. The van der Waals surface area contributed by atoms with Crippen LogP contribution in [0.4, 0.5) is 5.69 Å². The minimum Gasteiger partial charge on any atom is -0.493 e. The molecule has 0 radical (unpaired) electrons. The van der Waals surface area contributed by atoms with E-state index >= 15 is 0 Å². The van der Waals surface area contributed by atoms with Crippen molar-refractivity contribution in [3.8, 4) is 29.0 Å². The Balaban J connectivity index is 1.19. The van der Waals surface area contributed by atoms with Gasteiger partial charge in [-0.25, -0.2) is 4.98 Å². The molecule has 1 unspecified atom stereocenters. The molecule has 2 amide bonds. The molecule has 13 nitrogen and oxygen atoms in total. The number of anilines is 1. The number of aliphatic hydroxyl groups is 1. The highest BCUT2D eigenvalue weighted by atomic mass is 16.5. The maximum absolute atomic E-state index is 13.3. The topological polar surface area (TPSA) is 177 Å². The van der Waals surface area contributed by atoms with Crippen LogP contribution in [-0.4, -0.2) is 94.2 Å². The minimum absolute atomic E-state index is 0.0410. The molecule has 4 N–H and O–H groups in total. The first-order valence-electron chi connectivity index (χ1n) is 14.2. The fraction of sp³-hybridized carbons (Fsp3) is 0.323. The van der Waals surface area contributed by atoms with E-state index in [1.807, 2.05) is 13.1 Å². The van der Waals surface area contributed by atoms with Gasteiger partial charge in [0, 0.05) is 24.8 Å². The third kappa shape index (κ3) is 5.36. The highest BCUT2D eigenvalue weighted by molar-refractivity contribution is 6.23. The predicted molar refractivity (Wildman–Crippen MR) is 161 cm³/mol. The van der Waals surface area contributed by atoms with Gasteiger partial charge in [-0.05, 0) is 63.3 Å². The van der Waals surface area contributed by atoms with Crippen LogP contribution in [0.1, 0.15) is 39.1 Å². The van der Waals surface area contributed by atoms with Crippen LogP contribution in [0.15, 0.2) is 47.4 Å². The SMILES string of the molecule is COc1cc(C#N)ccc1OCC(O)CNc1cc[nH]c(=O)c1-c1nc2cc3c(cc2[nH]1)C(=O)N(C1CCN(C)CC1)C3=O. The van der Waals surface area contributed by atoms with E-state index in [2.05, 4.69) is 25.2 Å². The molecular formula is C31H31N7O6. The quantitative estimate of drug-likeness (QED) is 0.210. The molecule has 2 aromatic carbocycles. The lowest BCUT2D eigenvalue weighted by atomic mass is 10.0. The fourth-order valence-electron chi connectivity index (χ4n) is 5.66. The van der Waals surface area contributed by atoms with Gasteiger partial charge in [0.25, 0.3) is 17.4 Å². The van der Waals surface area contributed by atoms with Crippen molar-refractivity contribution in [2.75, 3.05) is 45.7 Å². The lowest BCUT2D eigenvalue weighted by molar-refractivity contribution is 0.0516. The number of imide groups is 1. The minimum atomic E-state index is -0.967. The molecule has 2 aliphatic rings. The first-order chi connectivity index (χ1) is 21.3. The number of piperidine rings is 1. The van der Waals surface area contributed by atoms with E-state index in [1.54, 1.807) is 36.4 Å². The number of hydrogen-bond acceptors (Lipinski definition) is 10. The Morgan fingerprint density at radius 2 is 1.86 bits per heavy atom. The summed E-state index contributed by atoms with van der Waals surface area (Å²) in [6, 6.07) is 11.5. The number of pyridine rings is 1. The molecule has 0 saturated carbocycles. The lowest BCUT2D eigenvalue weighted by Crippen LogP contribution is -2.46. The number of hydrogen-bond donors (Lipinski definition) is 4. The summed E-state index contributed by atoms with van der Waals surface area (Å²) in [4.78, 5) is 53.5. The summed E-state index contributed by atoms with van der Waals surface area (Å²) < 4.78 is 11.0. The number of methoxy groups -OCH3 is 1. The second kappa shape index (κ2) is 11.8. The number of nitrogens with zero attached hydrogens (tertiary/aromatic N) is 4. The van der Waals surface area contributed by atoms with Crippen LogP contribution in [0.3, 0.4) is 0 Å². The number of ether oxygens (including phenoxy) is 2. The van der Waals surface area contributed by atoms with Crippen molar-refractivity contribution < 1.29 is 24.2 Å². The number of H-pyrrole nitrogens is 2. The first kappa shape index (κ1) is 28.9. The van der Waals surface area contributed by atoms with E-state index in [-0.39, 0.29) is 42.4 Å². The van der Waals surface area contributed by atoms with Crippen molar-refractivity contribution in [1.29, 1.82) is 5.26 Å². The number of amides is 2. The Bertz CT molecular complexity index is 1800. The summed E-state index contributed by atoms with van der Waals surface area (Å²) in [7, 11) is 3.49. The molecule has 6 rings (SSSR count). The summed E-state index contributed by atoms with van der Waals surface area (Å²) in [6.07, 6.45) is 1.98.